The molecule has 3 aliphatic rings. The van der Waals surface area contributed by atoms with Crippen molar-refractivity contribution in [2.75, 3.05) is 19.6 Å². The summed E-state index contributed by atoms with van der Waals surface area (Å²) in [6.07, 6.45) is 5.97. The molecule has 1 saturated heterocycles. The molecular weight excluding hydrogens is 440 g/mol. The molecule has 2 aliphatic carbocycles. The smallest absolute Gasteiger partial charge is 0.251 e. The van der Waals surface area contributed by atoms with Crippen LogP contribution in [-0.4, -0.2) is 36.5 Å². The molecule has 3 nitrogen and oxygen atoms in total. The van der Waals surface area contributed by atoms with E-state index >= 15 is 0 Å². The monoisotopic (exact) mass is 478 g/mol. The average molecular weight is 479 g/mol. The molecule has 186 valence electrons. The van der Waals surface area contributed by atoms with E-state index in [1.807, 2.05) is 12.1 Å². The van der Waals surface area contributed by atoms with Crippen molar-refractivity contribution in [1.82, 2.24) is 10.2 Å². The lowest BCUT2D eigenvalue weighted by Gasteiger charge is -2.55. The molecule has 2 fully saturated rings. The molecule has 1 aliphatic heterocycles. The number of hydrogen-bond acceptors (Lipinski definition) is 2. The highest BCUT2D eigenvalue weighted by Crippen LogP contribution is 2.49. The van der Waals surface area contributed by atoms with Gasteiger partial charge in [0.25, 0.3) is 5.91 Å². The number of amides is 1. The SMILES string of the molecule is CC1[C@H]2Cc3ccc(C(=O)NCCc4cccc(-c5ccccc5)c4)cc3[C@]1(C)CCN2CC1CC1. The maximum absolute atomic E-state index is 13.1. The summed E-state index contributed by atoms with van der Waals surface area (Å²) in [7, 11) is 0. The number of carbonyl (C=O) groups is 1. The molecule has 1 heterocycles. The lowest BCUT2D eigenvalue weighted by molar-refractivity contribution is 0.0284. The number of hydrogen-bond donors (Lipinski definition) is 1. The molecule has 3 heteroatoms. The van der Waals surface area contributed by atoms with E-state index in [1.165, 1.54) is 60.2 Å². The Labute approximate surface area is 215 Å². The van der Waals surface area contributed by atoms with Crippen LogP contribution in [0, 0.1) is 11.8 Å². The van der Waals surface area contributed by atoms with Crippen LogP contribution in [0.2, 0.25) is 0 Å². The Bertz CT molecular complexity index is 1250. The summed E-state index contributed by atoms with van der Waals surface area (Å²) in [5.41, 5.74) is 7.52. The first kappa shape index (κ1) is 23.5. The third-order valence-electron chi connectivity index (χ3n) is 9.31. The topological polar surface area (TPSA) is 32.3 Å². The first-order valence-electron chi connectivity index (χ1n) is 13.8. The maximum atomic E-state index is 13.1. The number of nitrogens with zero attached hydrogens (tertiary/aromatic N) is 1. The molecule has 1 saturated carbocycles. The second kappa shape index (κ2) is 9.52. The summed E-state index contributed by atoms with van der Waals surface area (Å²) >= 11 is 0. The van der Waals surface area contributed by atoms with E-state index in [0.29, 0.717) is 18.5 Å². The van der Waals surface area contributed by atoms with Crippen LogP contribution in [0.15, 0.2) is 72.8 Å². The van der Waals surface area contributed by atoms with E-state index in [9.17, 15) is 4.79 Å². The van der Waals surface area contributed by atoms with Crippen LogP contribution in [0.4, 0.5) is 0 Å². The second-order valence-electron chi connectivity index (χ2n) is 11.6. The van der Waals surface area contributed by atoms with Crippen LogP contribution in [0.1, 0.15) is 60.2 Å². The van der Waals surface area contributed by atoms with Crippen LogP contribution >= 0.6 is 0 Å². The zero-order valence-corrected chi connectivity index (χ0v) is 21.7. The highest BCUT2D eigenvalue weighted by molar-refractivity contribution is 5.94. The van der Waals surface area contributed by atoms with E-state index in [-0.39, 0.29) is 11.3 Å². The summed E-state index contributed by atoms with van der Waals surface area (Å²) in [5.74, 6) is 1.60. The van der Waals surface area contributed by atoms with Crippen LogP contribution in [0.25, 0.3) is 11.1 Å². The Morgan fingerprint density at radius 3 is 2.61 bits per heavy atom. The third kappa shape index (κ3) is 4.50. The van der Waals surface area contributed by atoms with Crippen LogP contribution in [-0.2, 0) is 18.3 Å². The van der Waals surface area contributed by atoms with Crippen molar-refractivity contribution in [2.24, 2.45) is 11.8 Å². The average Bonchev–Trinajstić information content (AvgIpc) is 3.72. The van der Waals surface area contributed by atoms with Crippen LogP contribution in [0.5, 0.6) is 0 Å². The lowest BCUT2D eigenvalue weighted by atomic mass is 9.59. The van der Waals surface area contributed by atoms with Gasteiger partial charge in [-0.15, -0.1) is 0 Å². The van der Waals surface area contributed by atoms with Crippen molar-refractivity contribution in [1.29, 1.82) is 0 Å². The van der Waals surface area contributed by atoms with Crippen LogP contribution < -0.4 is 5.32 Å². The van der Waals surface area contributed by atoms with Crippen LogP contribution in [0.3, 0.4) is 0 Å². The first-order valence-corrected chi connectivity index (χ1v) is 13.8. The largest absolute Gasteiger partial charge is 0.352 e. The molecule has 0 aromatic heterocycles. The number of carbonyl (C=O) groups excluding carboxylic acids is 1. The number of nitrogens with one attached hydrogen (secondary N) is 1. The molecule has 0 spiro atoms. The minimum atomic E-state index is 0.0431. The molecule has 1 unspecified atom stereocenters. The van der Waals surface area contributed by atoms with Gasteiger partial charge in [-0.25, -0.2) is 0 Å². The molecule has 1 amide bonds. The summed E-state index contributed by atoms with van der Waals surface area (Å²) in [4.78, 5) is 15.9. The molecule has 1 N–H and O–H groups in total. The Hall–Kier alpha value is -2.91. The Kier molecular flexibility index (Phi) is 6.21. The third-order valence-corrected chi connectivity index (χ3v) is 9.31. The van der Waals surface area contributed by atoms with Gasteiger partial charge < -0.3 is 5.32 Å². The minimum Gasteiger partial charge on any atom is -0.352 e. The van der Waals surface area contributed by atoms with Gasteiger partial charge in [-0.2, -0.15) is 0 Å². The summed E-state index contributed by atoms with van der Waals surface area (Å²) < 4.78 is 0. The van der Waals surface area contributed by atoms with Gasteiger partial charge in [0.15, 0.2) is 0 Å². The van der Waals surface area contributed by atoms with Gasteiger partial charge >= 0.3 is 0 Å². The summed E-state index contributed by atoms with van der Waals surface area (Å²) in [6.45, 7) is 8.01. The standard InChI is InChI=1S/C33H38N2O/c1-23-31-21-28-13-14-29(20-30(28)33(23,2)16-18-35(31)22-25-11-12-25)32(36)34-17-15-24-7-6-10-27(19-24)26-8-4-3-5-9-26/h3-10,13-14,19-20,23,25,31H,11-12,15-18,21-22H2,1-2H3,(H,34,36)/t23?,31-,33-/m1/s1. The fourth-order valence-electron chi connectivity index (χ4n) is 6.67. The first-order chi connectivity index (χ1) is 17.5. The minimum absolute atomic E-state index is 0.0431. The number of likely N-dealkylation sites (tertiary alicyclic amines) is 1. The predicted octanol–water partition coefficient (Wildman–Crippen LogP) is 6.26. The second-order valence-corrected chi connectivity index (χ2v) is 11.6. The fraction of sp³-hybridized carbons (Fsp3) is 0.424. The number of piperidine rings is 1. The van der Waals surface area contributed by atoms with Crippen molar-refractivity contribution in [3.63, 3.8) is 0 Å². The highest BCUT2D eigenvalue weighted by atomic mass is 16.1. The molecule has 3 atom stereocenters. The van der Waals surface area contributed by atoms with E-state index in [2.05, 4.69) is 84.7 Å². The molecule has 36 heavy (non-hydrogen) atoms. The van der Waals surface area contributed by atoms with Gasteiger partial charge in [-0.1, -0.05) is 74.5 Å². The van der Waals surface area contributed by atoms with Crippen molar-refractivity contribution in [2.45, 2.75) is 57.4 Å². The summed E-state index contributed by atoms with van der Waals surface area (Å²) in [6, 6.07) is 26.2. The van der Waals surface area contributed by atoms with Gasteiger partial charge in [-0.3, -0.25) is 9.69 Å². The van der Waals surface area contributed by atoms with E-state index < -0.39 is 0 Å². The van der Waals surface area contributed by atoms with E-state index in [4.69, 9.17) is 0 Å². The fourth-order valence-corrected chi connectivity index (χ4v) is 6.67. The van der Waals surface area contributed by atoms with Gasteiger partial charge in [0, 0.05) is 24.7 Å². The van der Waals surface area contributed by atoms with Gasteiger partial charge in [-0.05, 0) is 95.8 Å². The van der Waals surface area contributed by atoms with Gasteiger partial charge in [0.2, 0.25) is 0 Å². The molecule has 3 aromatic carbocycles. The number of benzene rings is 3. The van der Waals surface area contributed by atoms with E-state index in [0.717, 1.165) is 24.3 Å². The number of fused-ring (bicyclic) bond motifs is 4. The molecular formula is C33H38N2O. The normalized spacial score (nSPS) is 25.3. The zero-order valence-electron chi connectivity index (χ0n) is 21.7. The maximum Gasteiger partial charge on any atom is 0.251 e. The van der Waals surface area contributed by atoms with E-state index in [1.54, 1.807) is 0 Å². The predicted molar refractivity (Wildman–Crippen MR) is 147 cm³/mol. The summed E-state index contributed by atoms with van der Waals surface area (Å²) in [5, 5.41) is 3.18. The van der Waals surface area contributed by atoms with Crippen molar-refractivity contribution in [3.8, 4) is 11.1 Å². The molecule has 0 radical (unpaired) electrons. The van der Waals surface area contributed by atoms with Crippen molar-refractivity contribution >= 4 is 5.91 Å². The highest BCUT2D eigenvalue weighted by Gasteiger charge is 2.49. The molecule has 3 aromatic rings. The molecule has 2 bridgehead atoms. The molecule has 6 rings (SSSR count). The van der Waals surface area contributed by atoms with Gasteiger partial charge in [0.1, 0.15) is 0 Å². The van der Waals surface area contributed by atoms with Gasteiger partial charge in [0.05, 0.1) is 0 Å². The Morgan fingerprint density at radius 2 is 1.81 bits per heavy atom. The van der Waals surface area contributed by atoms with Crippen molar-refractivity contribution in [3.05, 3.63) is 95.1 Å². The lowest BCUT2D eigenvalue weighted by Crippen LogP contribution is -2.58. The zero-order chi connectivity index (χ0) is 24.7. The van der Waals surface area contributed by atoms with Crippen molar-refractivity contribution < 1.29 is 4.79 Å². The number of rotatable bonds is 7. The quantitative estimate of drug-likeness (QED) is 0.435. The Balaban J connectivity index is 1.12. The Morgan fingerprint density at radius 1 is 1.00 bits per heavy atom.